The summed E-state index contributed by atoms with van der Waals surface area (Å²) in [6.07, 6.45) is 0. The molecule has 0 atom stereocenters. The van der Waals surface area contributed by atoms with E-state index in [1.165, 1.54) is 11.0 Å². The van der Waals surface area contributed by atoms with Crippen LogP contribution in [0.1, 0.15) is 16.1 Å². The van der Waals surface area contributed by atoms with Gasteiger partial charge in [-0.15, -0.1) is 0 Å². The molecule has 0 saturated heterocycles. The fourth-order valence-electron chi connectivity index (χ4n) is 1.63. The highest BCUT2D eigenvalue weighted by Crippen LogP contribution is 2.13. The SMILES string of the molecule is CN(Cc1ccccc1)C(=O)NNC(=O)c1ccc(Br)o1. The summed E-state index contributed by atoms with van der Waals surface area (Å²) in [5.41, 5.74) is 5.60. The van der Waals surface area contributed by atoms with Gasteiger partial charge in [0.15, 0.2) is 10.4 Å². The zero-order valence-corrected chi connectivity index (χ0v) is 12.9. The minimum atomic E-state index is -0.526. The normalized spacial score (nSPS) is 10.0. The molecule has 110 valence electrons. The van der Waals surface area contributed by atoms with Gasteiger partial charge in [-0.2, -0.15) is 0 Å². The molecule has 1 aromatic heterocycles. The van der Waals surface area contributed by atoms with Gasteiger partial charge < -0.3 is 9.32 Å². The first-order chi connectivity index (χ1) is 10.1. The zero-order valence-electron chi connectivity index (χ0n) is 11.3. The van der Waals surface area contributed by atoms with Crippen molar-refractivity contribution in [1.29, 1.82) is 0 Å². The van der Waals surface area contributed by atoms with Crippen LogP contribution in [0.4, 0.5) is 4.79 Å². The van der Waals surface area contributed by atoms with Crippen LogP contribution in [0, 0.1) is 0 Å². The zero-order chi connectivity index (χ0) is 15.2. The van der Waals surface area contributed by atoms with Crippen molar-refractivity contribution in [1.82, 2.24) is 15.8 Å². The Balaban J connectivity index is 1.82. The number of hydrogen-bond donors (Lipinski definition) is 2. The van der Waals surface area contributed by atoms with Crippen molar-refractivity contribution in [2.45, 2.75) is 6.54 Å². The molecule has 0 spiro atoms. The van der Waals surface area contributed by atoms with Crippen LogP contribution in [0.5, 0.6) is 0 Å². The number of urea groups is 1. The van der Waals surface area contributed by atoms with Crippen molar-refractivity contribution < 1.29 is 14.0 Å². The van der Waals surface area contributed by atoms with E-state index in [1.807, 2.05) is 30.3 Å². The summed E-state index contributed by atoms with van der Waals surface area (Å²) in [5.74, 6) is -0.421. The van der Waals surface area contributed by atoms with Crippen molar-refractivity contribution >= 4 is 27.9 Å². The van der Waals surface area contributed by atoms with Gasteiger partial charge in [0, 0.05) is 13.6 Å². The number of halogens is 1. The van der Waals surface area contributed by atoms with Crippen molar-refractivity contribution in [2.24, 2.45) is 0 Å². The number of rotatable bonds is 3. The van der Waals surface area contributed by atoms with Gasteiger partial charge >= 0.3 is 11.9 Å². The Hall–Kier alpha value is -2.28. The van der Waals surface area contributed by atoms with Crippen molar-refractivity contribution in [2.75, 3.05) is 7.05 Å². The van der Waals surface area contributed by atoms with Crippen LogP contribution in [0.25, 0.3) is 0 Å². The highest BCUT2D eigenvalue weighted by molar-refractivity contribution is 9.10. The van der Waals surface area contributed by atoms with Crippen molar-refractivity contribution in [3.05, 3.63) is 58.5 Å². The maximum Gasteiger partial charge on any atom is 0.336 e. The van der Waals surface area contributed by atoms with E-state index in [2.05, 4.69) is 26.8 Å². The smallest absolute Gasteiger partial charge is 0.336 e. The fraction of sp³-hybridized carbons (Fsp3) is 0.143. The predicted octanol–water partition coefficient (Wildman–Crippen LogP) is 2.53. The first kappa shape index (κ1) is 15.1. The van der Waals surface area contributed by atoms with Crippen LogP contribution < -0.4 is 10.9 Å². The number of carbonyl (C=O) groups excluding carboxylic acids is 2. The van der Waals surface area contributed by atoms with E-state index in [0.29, 0.717) is 11.2 Å². The number of hydrogen-bond acceptors (Lipinski definition) is 3. The molecule has 21 heavy (non-hydrogen) atoms. The molecule has 7 heteroatoms. The van der Waals surface area contributed by atoms with E-state index in [0.717, 1.165) is 5.56 Å². The molecule has 0 aliphatic rings. The van der Waals surface area contributed by atoms with Gasteiger partial charge in [0.25, 0.3) is 0 Å². The van der Waals surface area contributed by atoms with E-state index in [9.17, 15) is 9.59 Å². The number of benzene rings is 1. The summed E-state index contributed by atoms with van der Waals surface area (Å²) in [4.78, 5) is 25.0. The maximum absolute atomic E-state index is 11.8. The van der Waals surface area contributed by atoms with Crippen LogP contribution in [-0.4, -0.2) is 23.9 Å². The number of nitrogens with zero attached hydrogens (tertiary/aromatic N) is 1. The second-order valence-corrected chi connectivity index (χ2v) is 5.11. The van der Waals surface area contributed by atoms with Crippen LogP contribution in [0.2, 0.25) is 0 Å². The second kappa shape index (κ2) is 6.94. The van der Waals surface area contributed by atoms with Crippen LogP contribution in [0.15, 0.2) is 51.6 Å². The summed E-state index contributed by atoms with van der Waals surface area (Å²) in [5, 5.41) is 0. The first-order valence-corrected chi connectivity index (χ1v) is 6.96. The third kappa shape index (κ3) is 4.35. The molecular formula is C14H14BrN3O3. The molecule has 0 aliphatic carbocycles. The largest absolute Gasteiger partial charge is 0.444 e. The summed E-state index contributed by atoms with van der Waals surface area (Å²) >= 11 is 3.10. The molecule has 1 aromatic carbocycles. The number of nitrogens with one attached hydrogen (secondary N) is 2. The molecule has 0 aliphatic heterocycles. The lowest BCUT2D eigenvalue weighted by atomic mass is 10.2. The lowest BCUT2D eigenvalue weighted by Crippen LogP contribution is -2.47. The molecular weight excluding hydrogens is 338 g/mol. The van der Waals surface area contributed by atoms with Gasteiger partial charge in [-0.05, 0) is 33.6 Å². The molecule has 0 radical (unpaired) electrons. The summed E-state index contributed by atoms with van der Waals surface area (Å²) in [7, 11) is 1.64. The summed E-state index contributed by atoms with van der Waals surface area (Å²) in [6.45, 7) is 0.439. The standard InChI is InChI=1S/C14H14BrN3O3/c1-18(9-10-5-3-2-4-6-10)14(20)17-16-13(19)11-7-8-12(15)21-11/h2-8H,9H2,1H3,(H,16,19)(H,17,20). The number of amides is 3. The van der Waals surface area contributed by atoms with Gasteiger partial charge in [-0.25, -0.2) is 10.2 Å². The molecule has 6 nitrogen and oxygen atoms in total. The monoisotopic (exact) mass is 351 g/mol. The molecule has 0 unspecified atom stereocenters. The average molecular weight is 352 g/mol. The minimum Gasteiger partial charge on any atom is -0.444 e. The average Bonchev–Trinajstić information content (AvgIpc) is 2.92. The molecule has 2 N–H and O–H groups in total. The Morgan fingerprint density at radius 1 is 1.14 bits per heavy atom. The Labute approximate surface area is 130 Å². The Morgan fingerprint density at radius 2 is 1.86 bits per heavy atom. The highest BCUT2D eigenvalue weighted by atomic mass is 79.9. The molecule has 2 aromatic rings. The van der Waals surface area contributed by atoms with Crippen LogP contribution in [0.3, 0.4) is 0 Å². The van der Waals surface area contributed by atoms with Crippen molar-refractivity contribution in [3.63, 3.8) is 0 Å². The first-order valence-electron chi connectivity index (χ1n) is 6.17. The predicted molar refractivity (Wildman–Crippen MR) is 80.3 cm³/mol. The molecule has 3 amide bonds. The highest BCUT2D eigenvalue weighted by Gasteiger charge is 2.13. The fourth-order valence-corrected chi connectivity index (χ4v) is 1.94. The Kier molecular flexibility index (Phi) is 4.99. The van der Waals surface area contributed by atoms with Gasteiger partial charge in [-0.3, -0.25) is 10.2 Å². The molecule has 1 heterocycles. The number of carbonyl (C=O) groups is 2. The van der Waals surface area contributed by atoms with E-state index in [-0.39, 0.29) is 5.76 Å². The number of furan rings is 1. The second-order valence-electron chi connectivity index (χ2n) is 4.33. The van der Waals surface area contributed by atoms with E-state index < -0.39 is 11.9 Å². The van der Waals surface area contributed by atoms with Gasteiger partial charge in [0.2, 0.25) is 0 Å². The van der Waals surface area contributed by atoms with Gasteiger partial charge in [0.1, 0.15) is 0 Å². The summed E-state index contributed by atoms with van der Waals surface area (Å²) < 4.78 is 5.52. The molecule has 0 bridgehead atoms. The van der Waals surface area contributed by atoms with Crippen LogP contribution >= 0.6 is 15.9 Å². The third-order valence-electron chi connectivity index (χ3n) is 2.69. The molecule has 0 saturated carbocycles. The maximum atomic E-state index is 11.8. The lowest BCUT2D eigenvalue weighted by molar-refractivity contribution is 0.0902. The minimum absolute atomic E-state index is 0.105. The summed E-state index contributed by atoms with van der Waals surface area (Å²) in [6, 6.07) is 12.2. The van der Waals surface area contributed by atoms with E-state index in [1.54, 1.807) is 13.1 Å². The topological polar surface area (TPSA) is 74.6 Å². The lowest BCUT2D eigenvalue weighted by Gasteiger charge is -2.18. The molecule has 0 fully saturated rings. The molecule has 2 rings (SSSR count). The quantitative estimate of drug-likeness (QED) is 0.834. The van der Waals surface area contributed by atoms with Crippen molar-refractivity contribution in [3.8, 4) is 0 Å². The third-order valence-corrected chi connectivity index (χ3v) is 3.12. The Morgan fingerprint density at radius 3 is 2.48 bits per heavy atom. The van der Waals surface area contributed by atoms with E-state index >= 15 is 0 Å². The Bertz CT molecular complexity index is 627. The van der Waals surface area contributed by atoms with Crippen LogP contribution in [-0.2, 0) is 6.54 Å². The number of hydrazine groups is 1. The van der Waals surface area contributed by atoms with Gasteiger partial charge in [0.05, 0.1) is 0 Å². The van der Waals surface area contributed by atoms with Gasteiger partial charge in [-0.1, -0.05) is 30.3 Å². The van der Waals surface area contributed by atoms with E-state index in [4.69, 9.17) is 4.42 Å².